The van der Waals surface area contributed by atoms with Crippen molar-refractivity contribution in [2.24, 2.45) is 5.92 Å². The molecule has 1 nitrogen and oxygen atoms in total. The van der Waals surface area contributed by atoms with Gasteiger partial charge in [-0.05, 0) is 43.7 Å². The Morgan fingerprint density at radius 3 is 2.59 bits per heavy atom. The molecule has 1 aliphatic rings. The van der Waals surface area contributed by atoms with E-state index >= 15 is 0 Å². The molecule has 0 aliphatic heterocycles. The van der Waals surface area contributed by atoms with Crippen LogP contribution in [0.1, 0.15) is 50.2 Å². The van der Waals surface area contributed by atoms with Gasteiger partial charge in [0.2, 0.25) is 0 Å². The standard InChI is InChI=1S/C16H25N/c1-13-8-6-7-11-16(13)12-17-14(2)15-9-4-3-5-10-15/h6-8,11,14-15,17H,3-5,9-10,12H2,1-2H3/t14-/m0/s1. The summed E-state index contributed by atoms with van der Waals surface area (Å²) in [5, 5.41) is 3.71. The van der Waals surface area contributed by atoms with E-state index in [1.807, 2.05) is 0 Å². The van der Waals surface area contributed by atoms with Gasteiger partial charge in [-0.15, -0.1) is 0 Å². The molecule has 94 valence electrons. The van der Waals surface area contributed by atoms with Crippen molar-refractivity contribution >= 4 is 0 Å². The van der Waals surface area contributed by atoms with Gasteiger partial charge in [-0.25, -0.2) is 0 Å². The van der Waals surface area contributed by atoms with Crippen LogP contribution in [0.4, 0.5) is 0 Å². The normalized spacial score (nSPS) is 19.2. The van der Waals surface area contributed by atoms with Crippen molar-refractivity contribution in [1.29, 1.82) is 0 Å². The molecular formula is C16H25N. The van der Waals surface area contributed by atoms with Gasteiger partial charge < -0.3 is 5.32 Å². The van der Waals surface area contributed by atoms with Crippen molar-refractivity contribution in [2.45, 2.75) is 58.5 Å². The van der Waals surface area contributed by atoms with E-state index in [1.165, 1.54) is 43.2 Å². The van der Waals surface area contributed by atoms with Crippen LogP contribution in [-0.2, 0) is 6.54 Å². The summed E-state index contributed by atoms with van der Waals surface area (Å²) in [5.74, 6) is 0.896. The van der Waals surface area contributed by atoms with E-state index in [0.29, 0.717) is 6.04 Å². The molecule has 0 saturated heterocycles. The van der Waals surface area contributed by atoms with Gasteiger partial charge in [-0.2, -0.15) is 0 Å². The second-order valence-electron chi connectivity index (χ2n) is 5.49. The molecule has 1 aromatic carbocycles. The van der Waals surface area contributed by atoms with Crippen LogP contribution in [-0.4, -0.2) is 6.04 Å². The maximum absolute atomic E-state index is 3.71. The zero-order chi connectivity index (χ0) is 12.1. The predicted molar refractivity (Wildman–Crippen MR) is 74.1 cm³/mol. The number of aryl methyl sites for hydroxylation is 1. The first-order chi connectivity index (χ1) is 8.27. The van der Waals surface area contributed by atoms with E-state index in [0.717, 1.165) is 12.5 Å². The lowest BCUT2D eigenvalue weighted by Crippen LogP contribution is -2.34. The SMILES string of the molecule is Cc1ccccc1CN[C@@H](C)C1CCCCC1. The van der Waals surface area contributed by atoms with Crippen molar-refractivity contribution in [3.05, 3.63) is 35.4 Å². The van der Waals surface area contributed by atoms with Gasteiger partial charge in [-0.3, -0.25) is 0 Å². The van der Waals surface area contributed by atoms with E-state index in [-0.39, 0.29) is 0 Å². The van der Waals surface area contributed by atoms with Crippen LogP contribution in [0.25, 0.3) is 0 Å². The summed E-state index contributed by atoms with van der Waals surface area (Å²) >= 11 is 0. The zero-order valence-corrected chi connectivity index (χ0v) is 11.2. The van der Waals surface area contributed by atoms with Crippen molar-refractivity contribution in [3.63, 3.8) is 0 Å². The van der Waals surface area contributed by atoms with Crippen molar-refractivity contribution in [2.75, 3.05) is 0 Å². The fourth-order valence-corrected chi connectivity index (χ4v) is 2.88. The highest BCUT2D eigenvalue weighted by Crippen LogP contribution is 2.26. The third kappa shape index (κ3) is 3.57. The Bertz CT molecular complexity index is 339. The Kier molecular flexibility index (Phi) is 4.61. The number of hydrogen-bond acceptors (Lipinski definition) is 1. The number of rotatable bonds is 4. The smallest absolute Gasteiger partial charge is 0.0210 e. The van der Waals surface area contributed by atoms with E-state index in [1.54, 1.807) is 0 Å². The van der Waals surface area contributed by atoms with E-state index in [4.69, 9.17) is 0 Å². The molecule has 0 spiro atoms. The molecule has 0 aromatic heterocycles. The van der Waals surface area contributed by atoms with Gasteiger partial charge >= 0.3 is 0 Å². The van der Waals surface area contributed by atoms with Gasteiger partial charge in [-0.1, -0.05) is 43.5 Å². The van der Waals surface area contributed by atoms with Gasteiger partial charge in [0.15, 0.2) is 0 Å². The summed E-state index contributed by atoms with van der Waals surface area (Å²) in [7, 11) is 0. The highest BCUT2D eigenvalue weighted by atomic mass is 14.9. The molecule has 1 fully saturated rings. The minimum atomic E-state index is 0.662. The first-order valence-electron chi connectivity index (χ1n) is 7.05. The summed E-state index contributed by atoms with van der Waals surface area (Å²) in [4.78, 5) is 0. The average molecular weight is 231 g/mol. The lowest BCUT2D eigenvalue weighted by atomic mass is 9.84. The lowest BCUT2D eigenvalue weighted by Gasteiger charge is -2.28. The fourth-order valence-electron chi connectivity index (χ4n) is 2.88. The largest absolute Gasteiger partial charge is 0.310 e. The molecular weight excluding hydrogens is 206 g/mol. The minimum Gasteiger partial charge on any atom is -0.310 e. The maximum atomic E-state index is 3.71. The Labute approximate surface area is 106 Å². The molecule has 1 aliphatic carbocycles. The summed E-state index contributed by atoms with van der Waals surface area (Å²) in [6.45, 7) is 5.57. The Morgan fingerprint density at radius 2 is 1.88 bits per heavy atom. The molecule has 0 amide bonds. The first kappa shape index (κ1) is 12.6. The van der Waals surface area contributed by atoms with Gasteiger partial charge in [0.05, 0.1) is 0 Å². The highest BCUT2D eigenvalue weighted by Gasteiger charge is 2.19. The van der Waals surface area contributed by atoms with E-state index < -0.39 is 0 Å². The van der Waals surface area contributed by atoms with Crippen LogP contribution < -0.4 is 5.32 Å². The van der Waals surface area contributed by atoms with Crippen molar-refractivity contribution in [1.82, 2.24) is 5.32 Å². The fraction of sp³-hybridized carbons (Fsp3) is 0.625. The quantitative estimate of drug-likeness (QED) is 0.824. The summed E-state index contributed by atoms with van der Waals surface area (Å²) in [6.07, 6.45) is 7.15. The Balaban J connectivity index is 1.83. The highest BCUT2D eigenvalue weighted by molar-refractivity contribution is 5.25. The van der Waals surface area contributed by atoms with Crippen LogP contribution >= 0.6 is 0 Å². The van der Waals surface area contributed by atoms with Crippen molar-refractivity contribution < 1.29 is 0 Å². The van der Waals surface area contributed by atoms with Crippen LogP contribution in [0.2, 0.25) is 0 Å². The molecule has 1 saturated carbocycles. The van der Waals surface area contributed by atoms with Crippen LogP contribution in [0, 0.1) is 12.8 Å². The van der Waals surface area contributed by atoms with Gasteiger partial charge in [0, 0.05) is 12.6 Å². The third-order valence-corrected chi connectivity index (χ3v) is 4.23. The second-order valence-corrected chi connectivity index (χ2v) is 5.49. The Hall–Kier alpha value is -0.820. The molecule has 1 atom stereocenters. The Morgan fingerprint density at radius 1 is 1.18 bits per heavy atom. The average Bonchev–Trinajstić information content (AvgIpc) is 2.38. The molecule has 2 rings (SSSR count). The first-order valence-corrected chi connectivity index (χ1v) is 7.05. The van der Waals surface area contributed by atoms with Crippen molar-refractivity contribution in [3.8, 4) is 0 Å². The number of benzene rings is 1. The van der Waals surface area contributed by atoms with Gasteiger partial charge in [0.25, 0.3) is 0 Å². The predicted octanol–water partition coefficient (Wildman–Crippen LogP) is 4.05. The molecule has 1 N–H and O–H groups in total. The summed E-state index contributed by atoms with van der Waals surface area (Å²) in [5.41, 5.74) is 2.84. The zero-order valence-electron chi connectivity index (χ0n) is 11.2. The number of nitrogens with one attached hydrogen (secondary N) is 1. The van der Waals surface area contributed by atoms with Crippen LogP contribution in [0.3, 0.4) is 0 Å². The molecule has 1 heteroatoms. The van der Waals surface area contributed by atoms with E-state index in [9.17, 15) is 0 Å². The second kappa shape index (κ2) is 6.20. The van der Waals surface area contributed by atoms with Crippen LogP contribution in [0.15, 0.2) is 24.3 Å². The number of hydrogen-bond donors (Lipinski definition) is 1. The molecule has 0 radical (unpaired) electrons. The maximum Gasteiger partial charge on any atom is 0.0210 e. The molecule has 0 heterocycles. The van der Waals surface area contributed by atoms with Gasteiger partial charge in [0.1, 0.15) is 0 Å². The minimum absolute atomic E-state index is 0.662. The molecule has 0 bridgehead atoms. The molecule has 1 aromatic rings. The monoisotopic (exact) mass is 231 g/mol. The van der Waals surface area contributed by atoms with Crippen LogP contribution in [0.5, 0.6) is 0 Å². The lowest BCUT2D eigenvalue weighted by molar-refractivity contribution is 0.280. The van der Waals surface area contributed by atoms with E-state index in [2.05, 4.69) is 43.4 Å². The summed E-state index contributed by atoms with van der Waals surface area (Å²) < 4.78 is 0. The summed E-state index contributed by atoms with van der Waals surface area (Å²) in [6, 6.07) is 9.34. The topological polar surface area (TPSA) is 12.0 Å². The molecule has 17 heavy (non-hydrogen) atoms. The molecule has 0 unspecified atom stereocenters. The third-order valence-electron chi connectivity index (χ3n) is 4.23.